The third-order valence-corrected chi connectivity index (χ3v) is 6.25. The lowest BCUT2D eigenvalue weighted by Crippen LogP contribution is -2.34. The average molecular weight is 631 g/mol. The third-order valence-electron chi connectivity index (χ3n) is 4.64. The van der Waals surface area contributed by atoms with Crippen LogP contribution in [0.1, 0.15) is 41.5 Å². The molecule has 0 fully saturated rings. The highest BCUT2D eigenvalue weighted by atomic mass is 127. The number of halogens is 2. The zero-order valence-corrected chi connectivity index (χ0v) is 23.7. The fraction of sp³-hybridized carbons (Fsp3) is 0.375. The first kappa shape index (κ1) is 27.8. The highest BCUT2D eigenvalue weighted by molar-refractivity contribution is 14.1. The highest BCUT2D eigenvalue weighted by Gasteiger charge is 2.24. The molecule has 3 rings (SSSR count). The van der Waals surface area contributed by atoms with Crippen LogP contribution in [0.5, 0.6) is 0 Å². The Morgan fingerprint density at radius 3 is 2.28 bits per heavy atom. The molecule has 0 aliphatic heterocycles. The lowest BCUT2D eigenvalue weighted by atomic mass is 10.1. The number of anilines is 1. The lowest BCUT2D eigenvalue weighted by Gasteiger charge is -2.23. The van der Waals surface area contributed by atoms with Gasteiger partial charge in [0.15, 0.2) is 5.65 Å². The number of ether oxygens (including phenoxy) is 2. The second-order valence-corrected chi connectivity index (χ2v) is 12.1. The molecule has 0 N–H and O–H groups in total. The predicted molar refractivity (Wildman–Crippen MR) is 143 cm³/mol. The van der Waals surface area contributed by atoms with E-state index < -0.39 is 46.5 Å². The SMILES string of the molecule is CC(C)(C)OC(=O)CN(c1cc(-c2cnc3c(c2)c(I)cn3C(=O)OC(C)(C)C)ccc1F)[SH](=O)=O. The van der Waals surface area contributed by atoms with Gasteiger partial charge in [0.2, 0.25) is 10.9 Å². The maximum atomic E-state index is 14.7. The first-order chi connectivity index (χ1) is 16.6. The maximum absolute atomic E-state index is 14.7. The summed E-state index contributed by atoms with van der Waals surface area (Å²) in [6.07, 6.45) is 2.53. The number of hydrogen-bond acceptors (Lipinski definition) is 7. The minimum absolute atomic E-state index is 0.296. The number of benzene rings is 1. The van der Waals surface area contributed by atoms with Crippen LogP contribution in [-0.2, 0) is 25.2 Å². The van der Waals surface area contributed by atoms with Crippen molar-refractivity contribution in [2.24, 2.45) is 0 Å². The fourth-order valence-corrected chi connectivity index (χ4v) is 4.53. The molecule has 0 radical (unpaired) electrons. The van der Waals surface area contributed by atoms with Crippen molar-refractivity contribution in [3.63, 3.8) is 0 Å². The summed E-state index contributed by atoms with van der Waals surface area (Å²) in [5.74, 6) is -1.63. The van der Waals surface area contributed by atoms with Gasteiger partial charge in [0.1, 0.15) is 23.6 Å². The van der Waals surface area contributed by atoms with Gasteiger partial charge in [-0.25, -0.2) is 27.2 Å². The van der Waals surface area contributed by atoms with Crippen molar-refractivity contribution in [3.8, 4) is 11.1 Å². The van der Waals surface area contributed by atoms with E-state index in [1.165, 1.54) is 22.9 Å². The molecule has 9 nitrogen and oxygen atoms in total. The van der Waals surface area contributed by atoms with Gasteiger partial charge in [0.05, 0.1) is 5.69 Å². The summed E-state index contributed by atoms with van der Waals surface area (Å²) >= 11 is 2.07. The number of hydrogen-bond donors (Lipinski definition) is 1. The van der Waals surface area contributed by atoms with E-state index in [0.29, 0.717) is 26.5 Å². The largest absolute Gasteiger partial charge is 0.459 e. The van der Waals surface area contributed by atoms with Gasteiger partial charge in [-0.1, -0.05) is 6.07 Å². The summed E-state index contributed by atoms with van der Waals surface area (Å²) in [7, 11) is -3.34. The van der Waals surface area contributed by atoms with Crippen molar-refractivity contribution >= 4 is 62.3 Å². The molecular weight excluding hydrogens is 604 g/mol. The molecule has 0 aliphatic rings. The summed E-state index contributed by atoms with van der Waals surface area (Å²) < 4.78 is 51.8. The number of carbonyl (C=O) groups excluding carboxylic acids is 2. The second-order valence-electron chi connectivity index (χ2n) is 9.97. The van der Waals surface area contributed by atoms with E-state index in [1.54, 1.807) is 53.8 Å². The smallest absolute Gasteiger partial charge is 0.420 e. The van der Waals surface area contributed by atoms with Crippen molar-refractivity contribution in [3.05, 3.63) is 46.0 Å². The summed E-state index contributed by atoms with van der Waals surface area (Å²) in [5, 5.41) is 0.658. The van der Waals surface area contributed by atoms with Crippen molar-refractivity contribution in [1.29, 1.82) is 0 Å². The molecule has 3 aromatic rings. The van der Waals surface area contributed by atoms with Gasteiger partial charge >= 0.3 is 12.1 Å². The van der Waals surface area contributed by atoms with Gasteiger partial charge < -0.3 is 9.47 Å². The van der Waals surface area contributed by atoms with E-state index in [4.69, 9.17) is 9.47 Å². The number of esters is 1. The van der Waals surface area contributed by atoms with E-state index in [2.05, 4.69) is 27.6 Å². The van der Waals surface area contributed by atoms with Crippen molar-refractivity contribution < 1.29 is 31.9 Å². The van der Waals surface area contributed by atoms with Crippen molar-refractivity contribution in [2.45, 2.75) is 52.7 Å². The maximum Gasteiger partial charge on any atom is 0.420 e. The monoisotopic (exact) mass is 631 g/mol. The Labute approximate surface area is 223 Å². The standard InChI is InChI=1S/C24H27FIN3O6S/c1-23(2,3)34-20(30)13-29(36(32)33)19-10-14(7-8-17(19)25)15-9-16-18(26)12-28(21(16)27-11-15)22(31)35-24(4,5)6/h7-12,36H,13H2,1-6H3. The molecule has 0 atom stereocenters. The van der Waals surface area contributed by atoms with E-state index in [1.807, 2.05) is 0 Å². The van der Waals surface area contributed by atoms with Gasteiger partial charge in [-0.2, -0.15) is 0 Å². The van der Waals surface area contributed by atoms with E-state index >= 15 is 0 Å². The van der Waals surface area contributed by atoms with E-state index in [-0.39, 0.29) is 5.69 Å². The number of rotatable bonds is 5. The first-order valence-electron chi connectivity index (χ1n) is 10.9. The van der Waals surface area contributed by atoms with Crippen molar-refractivity contribution in [2.75, 3.05) is 10.8 Å². The molecule has 0 amide bonds. The fourth-order valence-electron chi connectivity index (χ4n) is 3.29. The zero-order chi connectivity index (χ0) is 27.0. The quantitative estimate of drug-likeness (QED) is 0.243. The van der Waals surface area contributed by atoms with Crippen LogP contribution in [0.3, 0.4) is 0 Å². The summed E-state index contributed by atoms with van der Waals surface area (Å²) in [6, 6.07) is 5.68. The van der Waals surface area contributed by atoms with Crippen LogP contribution in [0.25, 0.3) is 22.2 Å². The van der Waals surface area contributed by atoms with Gasteiger partial charge in [-0.05, 0) is 87.9 Å². The Balaban J connectivity index is 2.00. The minimum atomic E-state index is -3.34. The number of aromatic nitrogens is 2. The predicted octanol–water partition coefficient (Wildman–Crippen LogP) is 4.90. The van der Waals surface area contributed by atoms with Gasteiger partial charge in [0, 0.05) is 26.9 Å². The first-order valence-corrected chi connectivity index (χ1v) is 13.1. The van der Waals surface area contributed by atoms with Crippen LogP contribution in [0.15, 0.2) is 36.7 Å². The normalized spacial score (nSPS) is 12.1. The molecule has 0 unspecified atom stereocenters. The lowest BCUT2D eigenvalue weighted by molar-refractivity contribution is -0.152. The molecule has 0 saturated heterocycles. The van der Waals surface area contributed by atoms with Gasteiger partial charge in [-0.15, -0.1) is 0 Å². The number of thiol groups is 1. The Morgan fingerprint density at radius 1 is 1.06 bits per heavy atom. The molecule has 2 heterocycles. The molecule has 12 heteroatoms. The van der Waals surface area contributed by atoms with E-state index in [0.717, 1.165) is 9.64 Å². The van der Waals surface area contributed by atoms with Crippen molar-refractivity contribution in [1.82, 2.24) is 9.55 Å². The minimum Gasteiger partial charge on any atom is -0.459 e. The second kappa shape index (κ2) is 10.3. The Kier molecular flexibility index (Phi) is 7.98. The summed E-state index contributed by atoms with van der Waals surface area (Å²) in [4.78, 5) is 29.2. The average Bonchev–Trinajstić information content (AvgIpc) is 3.06. The molecule has 1 aromatic carbocycles. The number of fused-ring (bicyclic) bond motifs is 1. The van der Waals surface area contributed by atoms with Crippen LogP contribution < -0.4 is 4.31 Å². The van der Waals surface area contributed by atoms with Crippen LogP contribution >= 0.6 is 22.6 Å². The van der Waals surface area contributed by atoms with E-state index in [9.17, 15) is 22.4 Å². The van der Waals surface area contributed by atoms with Gasteiger partial charge in [-0.3, -0.25) is 9.10 Å². The Hall–Kier alpha value is -2.74. The third kappa shape index (κ3) is 6.72. The van der Waals surface area contributed by atoms with Crippen LogP contribution in [0.4, 0.5) is 14.9 Å². The van der Waals surface area contributed by atoms with Crippen LogP contribution in [0.2, 0.25) is 0 Å². The number of pyridine rings is 1. The zero-order valence-electron chi connectivity index (χ0n) is 20.7. The van der Waals surface area contributed by atoms with Crippen LogP contribution in [-0.4, -0.2) is 47.8 Å². The molecule has 2 aromatic heterocycles. The molecule has 36 heavy (non-hydrogen) atoms. The number of carbonyl (C=O) groups is 2. The summed E-state index contributed by atoms with van der Waals surface area (Å²) in [5.41, 5.74) is -0.401. The molecule has 0 saturated carbocycles. The molecular formula is C24H27FIN3O6S. The molecule has 0 spiro atoms. The Bertz CT molecular complexity index is 1400. The summed E-state index contributed by atoms with van der Waals surface area (Å²) in [6.45, 7) is 9.56. The Morgan fingerprint density at radius 2 is 1.69 bits per heavy atom. The number of nitrogens with zero attached hydrogens (tertiary/aromatic N) is 3. The molecule has 194 valence electrons. The van der Waals surface area contributed by atoms with Crippen LogP contribution in [0, 0.1) is 9.39 Å². The van der Waals surface area contributed by atoms with Gasteiger partial charge in [0.25, 0.3) is 0 Å². The highest BCUT2D eigenvalue weighted by Crippen LogP contribution is 2.31. The molecule has 0 aliphatic carbocycles. The molecule has 0 bridgehead atoms. The topological polar surface area (TPSA) is 108 Å².